The number of benzene rings is 2. The first-order valence-electron chi connectivity index (χ1n) is 15.1. The Labute approximate surface area is 278 Å². The Morgan fingerprint density at radius 2 is 1.81 bits per heavy atom. The van der Waals surface area contributed by atoms with Crippen LogP contribution < -0.4 is 19.7 Å². The van der Waals surface area contributed by atoms with Gasteiger partial charge in [-0.1, -0.05) is 23.5 Å². The van der Waals surface area contributed by atoms with Crippen LogP contribution in [0.4, 0.5) is 18.9 Å². The fraction of sp³-hybridized carbons (Fsp3) is 0.406. The third kappa shape index (κ3) is 5.44. The molecular weight excluding hydrogens is 675 g/mol. The standard InChI is InChI=1S/C32H28F3N3O8S2/c1-45-19-9-13(5-6-18(19)46-12-20(39)36-15-4-2-3-14(10-15)32(33,34)35)22-23-16-11-17(26(23)47-28-27(22)48-31(44)37-28)25-24(16)29(42)38(30(25)43)8-7-21(40)41/h2-6,9-10,16-17,22-26H,7-8,11-12H2,1H3,(H,36,39)(H,37,44)(H,40,41)/t16?,17?,22-,23?,24?,25?,26?/m1/s1. The molecule has 48 heavy (non-hydrogen) atoms. The molecule has 4 aliphatic rings. The van der Waals surface area contributed by atoms with Gasteiger partial charge in [-0.2, -0.15) is 13.2 Å². The maximum absolute atomic E-state index is 13.5. The molecule has 2 saturated carbocycles. The third-order valence-corrected chi connectivity index (χ3v) is 12.3. The quantitative estimate of drug-likeness (QED) is 0.275. The lowest BCUT2D eigenvalue weighted by Crippen LogP contribution is -2.42. The number of hydrogen-bond acceptors (Lipinski definition) is 9. The number of aromatic amines is 1. The second-order valence-corrected chi connectivity index (χ2v) is 14.5. The Kier molecular flexibility index (Phi) is 8.05. The van der Waals surface area contributed by atoms with E-state index in [4.69, 9.17) is 14.6 Å². The van der Waals surface area contributed by atoms with Gasteiger partial charge >= 0.3 is 17.0 Å². The van der Waals surface area contributed by atoms with E-state index in [2.05, 4.69) is 10.3 Å². The molecule has 7 atom stereocenters. The highest BCUT2D eigenvalue weighted by Gasteiger charge is 2.69. The first-order chi connectivity index (χ1) is 22.8. The molecule has 2 bridgehead atoms. The normalized spacial score (nSPS) is 27.0. The van der Waals surface area contributed by atoms with Crippen LogP contribution in [-0.4, -0.2) is 64.2 Å². The molecule has 11 nitrogen and oxygen atoms in total. The van der Waals surface area contributed by atoms with Gasteiger partial charge in [0.2, 0.25) is 11.8 Å². The number of rotatable bonds is 9. The number of anilines is 1. The Hall–Kier alpha value is -4.31. The van der Waals surface area contributed by atoms with Gasteiger partial charge in [-0.15, -0.1) is 11.8 Å². The molecule has 3 amide bonds. The number of carbonyl (C=O) groups excluding carboxylic acids is 3. The van der Waals surface area contributed by atoms with E-state index in [0.29, 0.717) is 11.4 Å². The van der Waals surface area contributed by atoms with Gasteiger partial charge in [-0.25, -0.2) is 0 Å². The molecule has 0 radical (unpaired) electrons. The number of halogens is 3. The van der Waals surface area contributed by atoms with Gasteiger partial charge in [-0.3, -0.25) is 28.9 Å². The average Bonchev–Trinajstić information content (AvgIpc) is 3.77. The van der Waals surface area contributed by atoms with Crippen molar-refractivity contribution in [3.63, 3.8) is 0 Å². The number of carboxylic acids is 1. The van der Waals surface area contributed by atoms with E-state index in [-0.39, 0.29) is 75.8 Å². The zero-order chi connectivity index (χ0) is 34.1. The summed E-state index contributed by atoms with van der Waals surface area (Å²) >= 11 is 2.61. The number of carbonyl (C=O) groups is 4. The van der Waals surface area contributed by atoms with E-state index < -0.39 is 42.1 Å². The predicted octanol–water partition coefficient (Wildman–Crippen LogP) is 4.43. The number of aliphatic carboxylic acids is 1. The topological polar surface area (TPSA) is 155 Å². The Bertz CT molecular complexity index is 1890. The lowest BCUT2D eigenvalue weighted by Gasteiger charge is -2.43. The molecule has 2 aromatic carbocycles. The summed E-state index contributed by atoms with van der Waals surface area (Å²) in [5.74, 6) is -3.73. The number of thioether (sulfide) groups is 1. The monoisotopic (exact) mass is 703 g/mol. The van der Waals surface area contributed by atoms with Crippen LogP contribution in [0.2, 0.25) is 0 Å². The molecule has 3 aromatic rings. The van der Waals surface area contributed by atoms with Crippen molar-refractivity contribution in [2.24, 2.45) is 29.6 Å². The number of nitrogens with one attached hydrogen (secondary N) is 2. The second kappa shape index (κ2) is 12.0. The molecule has 3 fully saturated rings. The minimum absolute atomic E-state index is 0.0349. The Morgan fingerprint density at radius 3 is 2.52 bits per heavy atom. The zero-order valence-corrected chi connectivity index (χ0v) is 26.7. The van der Waals surface area contributed by atoms with E-state index in [1.807, 2.05) is 0 Å². The summed E-state index contributed by atoms with van der Waals surface area (Å²) in [6.45, 7) is -0.676. The van der Waals surface area contributed by atoms with Crippen LogP contribution in [0.15, 0.2) is 52.3 Å². The van der Waals surface area contributed by atoms with Crippen molar-refractivity contribution in [2.45, 2.75) is 35.2 Å². The molecular formula is C32H28F3N3O8S2. The molecule has 16 heteroatoms. The van der Waals surface area contributed by atoms with E-state index in [1.54, 1.807) is 18.2 Å². The van der Waals surface area contributed by atoms with Gasteiger partial charge in [-0.05, 0) is 60.1 Å². The highest BCUT2D eigenvalue weighted by Crippen LogP contribution is 2.68. The molecule has 252 valence electrons. The van der Waals surface area contributed by atoms with Gasteiger partial charge in [0.15, 0.2) is 18.1 Å². The summed E-state index contributed by atoms with van der Waals surface area (Å²) in [5, 5.41) is 12.2. The third-order valence-electron chi connectivity index (χ3n) is 9.74. The van der Waals surface area contributed by atoms with Crippen molar-refractivity contribution in [1.29, 1.82) is 0 Å². The Morgan fingerprint density at radius 1 is 1.06 bits per heavy atom. The van der Waals surface area contributed by atoms with E-state index in [1.165, 1.54) is 31.0 Å². The van der Waals surface area contributed by atoms with E-state index in [9.17, 15) is 37.1 Å². The summed E-state index contributed by atoms with van der Waals surface area (Å²) in [6.07, 6.45) is -4.22. The van der Waals surface area contributed by atoms with Crippen LogP contribution in [0.5, 0.6) is 11.5 Å². The predicted molar refractivity (Wildman–Crippen MR) is 166 cm³/mol. The molecule has 2 aliphatic heterocycles. The average molecular weight is 704 g/mol. The fourth-order valence-electron chi connectivity index (χ4n) is 7.99. The van der Waals surface area contributed by atoms with Gasteiger partial charge < -0.3 is 24.9 Å². The van der Waals surface area contributed by atoms with Crippen LogP contribution in [0.1, 0.15) is 34.8 Å². The van der Waals surface area contributed by atoms with Crippen molar-refractivity contribution in [3.05, 3.63) is 68.1 Å². The van der Waals surface area contributed by atoms with Crippen LogP contribution in [0.3, 0.4) is 0 Å². The molecule has 1 aromatic heterocycles. The van der Waals surface area contributed by atoms with E-state index in [0.717, 1.165) is 38.8 Å². The number of fused-ring (bicyclic) bond motifs is 9. The number of aromatic nitrogens is 1. The number of ether oxygens (including phenoxy) is 2. The smallest absolute Gasteiger partial charge is 0.416 e. The number of nitrogens with zero attached hydrogens (tertiary/aromatic N) is 1. The van der Waals surface area contributed by atoms with Crippen molar-refractivity contribution in [3.8, 4) is 11.5 Å². The van der Waals surface area contributed by atoms with Crippen LogP contribution >= 0.6 is 23.1 Å². The zero-order valence-electron chi connectivity index (χ0n) is 25.1. The molecule has 0 spiro atoms. The summed E-state index contributed by atoms with van der Waals surface area (Å²) in [4.78, 5) is 67.9. The fourth-order valence-corrected chi connectivity index (χ4v) is 10.9. The second-order valence-electron chi connectivity index (χ2n) is 12.3. The minimum atomic E-state index is -4.56. The molecule has 2 aliphatic carbocycles. The number of hydrogen-bond donors (Lipinski definition) is 3. The largest absolute Gasteiger partial charge is 0.493 e. The lowest BCUT2D eigenvalue weighted by molar-refractivity contribution is -0.143. The maximum Gasteiger partial charge on any atom is 0.416 e. The summed E-state index contributed by atoms with van der Waals surface area (Å²) < 4.78 is 50.5. The van der Waals surface area contributed by atoms with E-state index >= 15 is 0 Å². The van der Waals surface area contributed by atoms with Crippen molar-refractivity contribution in [2.75, 3.05) is 25.6 Å². The first-order valence-corrected chi connectivity index (χ1v) is 16.8. The van der Waals surface area contributed by atoms with Gasteiger partial charge in [0.05, 0.1) is 36.0 Å². The van der Waals surface area contributed by atoms with Gasteiger partial charge in [0.1, 0.15) is 0 Å². The molecule has 7 rings (SSSR count). The van der Waals surface area contributed by atoms with Crippen LogP contribution in [0, 0.1) is 29.6 Å². The maximum atomic E-state index is 13.5. The number of carboxylic acid groups (broad SMARTS) is 1. The minimum Gasteiger partial charge on any atom is -0.493 e. The van der Waals surface area contributed by atoms with Gasteiger partial charge in [0.25, 0.3) is 5.91 Å². The number of likely N-dealkylation sites (tertiary alicyclic amines) is 1. The van der Waals surface area contributed by atoms with Crippen molar-refractivity contribution >= 4 is 52.5 Å². The summed E-state index contributed by atoms with van der Waals surface area (Å²) in [5.41, 5.74) is -0.154. The van der Waals surface area contributed by atoms with Gasteiger partial charge in [0, 0.05) is 28.3 Å². The van der Waals surface area contributed by atoms with Crippen molar-refractivity contribution < 1.29 is 46.9 Å². The number of H-pyrrole nitrogens is 1. The summed E-state index contributed by atoms with van der Waals surface area (Å²) in [7, 11) is 1.42. The van der Waals surface area contributed by atoms with Crippen molar-refractivity contribution in [1.82, 2.24) is 9.88 Å². The molecule has 6 unspecified atom stereocenters. The van der Waals surface area contributed by atoms with Crippen LogP contribution in [-0.2, 0) is 25.4 Å². The SMILES string of the molecule is COc1cc([C@H]2c3sc(=O)[nH]c3SC3C4CC(C5C(=O)N(CCC(=O)O)C(=O)C45)C32)ccc1OCC(=O)Nc1cccc(C(F)(F)F)c1. The molecule has 3 heterocycles. The molecule has 1 saturated heterocycles. The highest BCUT2D eigenvalue weighted by atomic mass is 32.2. The summed E-state index contributed by atoms with van der Waals surface area (Å²) in [6, 6.07) is 9.40. The molecule has 3 N–H and O–H groups in total. The lowest BCUT2D eigenvalue weighted by atomic mass is 9.68. The number of imide groups is 1. The number of alkyl halides is 3. The first kappa shape index (κ1) is 32.2. The number of thiazole rings is 1. The van der Waals surface area contributed by atoms with Crippen LogP contribution in [0.25, 0.3) is 0 Å². The Balaban J connectivity index is 1.14. The highest BCUT2D eigenvalue weighted by molar-refractivity contribution is 8.00. The number of amides is 3. The number of methoxy groups -OCH3 is 1.